The van der Waals surface area contributed by atoms with Gasteiger partial charge in [0, 0.05) is 29.6 Å². The first-order valence-electron chi connectivity index (χ1n) is 15.0. The number of benzene rings is 2. The van der Waals surface area contributed by atoms with E-state index in [1.54, 1.807) is 0 Å². The number of hydrogen-bond acceptors (Lipinski definition) is 2. The van der Waals surface area contributed by atoms with Gasteiger partial charge in [0.1, 0.15) is 5.66 Å². The molecule has 0 N–H and O–H groups in total. The zero-order chi connectivity index (χ0) is 24.8. The van der Waals surface area contributed by atoms with Gasteiger partial charge in [-0.05, 0) is 72.4 Å². The standard InChI is InChI=1S/C34H44N2/c1-4-7-15-25-19-20-29-27(24-25)26-16-12-13-17-28(26)34(29)22-21-30-32(34)31-18-11-9-8-10-14-23-36(31)33(5-2,6-3)35-30/h12-13,16-17,19-22,24,31-32H,4-11,14-15,18,23H2,1-3H3. The van der Waals surface area contributed by atoms with E-state index in [0.717, 1.165) is 12.8 Å². The molecule has 0 amide bonds. The molecule has 2 aromatic carbocycles. The van der Waals surface area contributed by atoms with Crippen molar-refractivity contribution in [3.05, 3.63) is 71.3 Å². The summed E-state index contributed by atoms with van der Waals surface area (Å²) in [7, 11) is 0. The Labute approximate surface area is 218 Å². The highest BCUT2D eigenvalue weighted by atomic mass is 15.3. The van der Waals surface area contributed by atoms with E-state index < -0.39 is 0 Å². The lowest BCUT2D eigenvalue weighted by Crippen LogP contribution is -2.62. The third kappa shape index (κ3) is 3.51. The number of fused-ring (bicyclic) bond motifs is 9. The van der Waals surface area contributed by atoms with Crippen LogP contribution in [0.5, 0.6) is 0 Å². The first-order valence-corrected chi connectivity index (χ1v) is 15.0. The molecule has 0 radical (unpaired) electrons. The molecule has 4 aliphatic rings. The van der Waals surface area contributed by atoms with Gasteiger partial charge in [0.2, 0.25) is 0 Å². The van der Waals surface area contributed by atoms with Crippen molar-refractivity contribution in [2.75, 3.05) is 6.54 Å². The number of aryl methyl sites for hydroxylation is 1. The van der Waals surface area contributed by atoms with Crippen LogP contribution in [-0.2, 0) is 11.8 Å². The predicted octanol–water partition coefficient (Wildman–Crippen LogP) is 8.48. The molecule has 1 fully saturated rings. The van der Waals surface area contributed by atoms with Crippen molar-refractivity contribution in [2.45, 2.75) is 109 Å². The first kappa shape index (κ1) is 24.2. The second-order valence-electron chi connectivity index (χ2n) is 11.8. The maximum atomic E-state index is 5.68. The molecule has 190 valence electrons. The van der Waals surface area contributed by atoms with Crippen LogP contribution >= 0.6 is 0 Å². The molecule has 36 heavy (non-hydrogen) atoms. The molecule has 2 heterocycles. The quantitative estimate of drug-likeness (QED) is 0.419. The zero-order valence-corrected chi connectivity index (χ0v) is 22.7. The van der Waals surface area contributed by atoms with Gasteiger partial charge < -0.3 is 0 Å². The predicted molar refractivity (Wildman–Crippen MR) is 153 cm³/mol. The molecule has 0 saturated carbocycles. The molecule has 3 atom stereocenters. The Bertz CT molecular complexity index is 1170. The monoisotopic (exact) mass is 480 g/mol. The average molecular weight is 481 g/mol. The van der Waals surface area contributed by atoms with Crippen LogP contribution in [0.3, 0.4) is 0 Å². The van der Waals surface area contributed by atoms with Crippen LogP contribution in [-0.4, -0.2) is 28.9 Å². The van der Waals surface area contributed by atoms with E-state index in [-0.39, 0.29) is 11.1 Å². The van der Waals surface area contributed by atoms with Crippen LogP contribution in [0.25, 0.3) is 11.1 Å². The van der Waals surface area contributed by atoms with Crippen LogP contribution in [0, 0.1) is 5.92 Å². The minimum absolute atomic E-state index is 0.0400. The van der Waals surface area contributed by atoms with Crippen LogP contribution in [0.4, 0.5) is 0 Å². The highest BCUT2D eigenvalue weighted by Crippen LogP contribution is 2.59. The Hall–Kier alpha value is -2.19. The molecule has 1 saturated heterocycles. The fourth-order valence-electron chi connectivity index (χ4n) is 8.18. The lowest BCUT2D eigenvalue weighted by molar-refractivity contribution is 0.00271. The normalized spacial score (nSPS) is 28.5. The summed E-state index contributed by atoms with van der Waals surface area (Å²) in [4.78, 5) is 8.58. The van der Waals surface area contributed by atoms with E-state index in [1.807, 2.05) is 0 Å². The highest BCUT2D eigenvalue weighted by molar-refractivity contribution is 6.05. The third-order valence-electron chi connectivity index (χ3n) is 10.0. The van der Waals surface area contributed by atoms with Crippen LogP contribution in [0.2, 0.25) is 0 Å². The molecule has 1 spiro atoms. The summed E-state index contributed by atoms with van der Waals surface area (Å²) < 4.78 is 0. The average Bonchev–Trinajstić information content (AvgIpc) is 3.46. The largest absolute Gasteiger partial charge is 0.276 e. The Morgan fingerprint density at radius 2 is 1.67 bits per heavy atom. The molecule has 6 rings (SSSR count). The lowest BCUT2D eigenvalue weighted by atomic mass is 9.65. The van der Waals surface area contributed by atoms with Crippen molar-refractivity contribution in [2.24, 2.45) is 10.9 Å². The van der Waals surface area contributed by atoms with E-state index in [0.29, 0.717) is 12.0 Å². The number of allylic oxidation sites excluding steroid dienone is 2. The third-order valence-corrected chi connectivity index (χ3v) is 10.0. The van der Waals surface area contributed by atoms with Gasteiger partial charge in [0.25, 0.3) is 0 Å². The minimum atomic E-state index is -0.0847. The van der Waals surface area contributed by atoms with Crippen LogP contribution in [0.1, 0.15) is 102 Å². The second kappa shape index (κ2) is 9.60. The molecule has 2 aliphatic heterocycles. The summed E-state index contributed by atoms with van der Waals surface area (Å²) in [6.07, 6.45) is 19.0. The van der Waals surface area contributed by atoms with Gasteiger partial charge >= 0.3 is 0 Å². The molecular formula is C34H44N2. The number of rotatable bonds is 5. The van der Waals surface area contributed by atoms with Crippen molar-refractivity contribution >= 4 is 5.71 Å². The summed E-state index contributed by atoms with van der Waals surface area (Å²) in [6.45, 7) is 8.22. The van der Waals surface area contributed by atoms with Crippen molar-refractivity contribution < 1.29 is 0 Å². The fourth-order valence-corrected chi connectivity index (χ4v) is 8.18. The topological polar surface area (TPSA) is 15.6 Å². The van der Waals surface area contributed by atoms with E-state index in [2.05, 4.69) is 80.3 Å². The number of nitrogens with zero attached hydrogens (tertiary/aromatic N) is 2. The molecule has 0 aromatic heterocycles. The Kier molecular flexibility index (Phi) is 6.44. The zero-order valence-electron chi connectivity index (χ0n) is 22.7. The number of unbranched alkanes of at least 4 members (excludes halogenated alkanes) is 1. The van der Waals surface area contributed by atoms with E-state index in [4.69, 9.17) is 4.99 Å². The van der Waals surface area contributed by atoms with Crippen molar-refractivity contribution in [3.63, 3.8) is 0 Å². The lowest BCUT2D eigenvalue weighted by Gasteiger charge is -2.54. The van der Waals surface area contributed by atoms with E-state index in [9.17, 15) is 0 Å². The first-order chi connectivity index (χ1) is 17.7. The minimum Gasteiger partial charge on any atom is -0.276 e. The molecule has 0 bridgehead atoms. The number of hydrogen-bond donors (Lipinski definition) is 0. The van der Waals surface area contributed by atoms with Crippen molar-refractivity contribution in [1.82, 2.24) is 4.90 Å². The van der Waals surface area contributed by atoms with Gasteiger partial charge in [-0.25, -0.2) is 0 Å². The summed E-state index contributed by atoms with van der Waals surface area (Å²) in [5, 5.41) is 0. The van der Waals surface area contributed by atoms with Gasteiger partial charge in [-0.2, -0.15) is 0 Å². The van der Waals surface area contributed by atoms with Crippen molar-refractivity contribution in [3.8, 4) is 11.1 Å². The van der Waals surface area contributed by atoms with Gasteiger partial charge in [-0.15, -0.1) is 0 Å². The second-order valence-corrected chi connectivity index (χ2v) is 11.8. The highest BCUT2D eigenvalue weighted by Gasteiger charge is 2.58. The fraction of sp³-hybridized carbons (Fsp3) is 0.559. The maximum absolute atomic E-state index is 5.68. The maximum Gasteiger partial charge on any atom is 0.113 e. The molecule has 2 nitrogen and oxygen atoms in total. The number of aliphatic imine (C=N–C) groups is 1. The molecular weight excluding hydrogens is 436 g/mol. The Morgan fingerprint density at radius 3 is 2.50 bits per heavy atom. The summed E-state index contributed by atoms with van der Waals surface area (Å²) in [5.41, 5.74) is 8.70. The smallest absolute Gasteiger partial charge is 0.113 e. The molecule has 3 unspecified atom stereocenters. The van der Waals surface area contributed by atoms with Crippen molar-refractivity contribution in [1.29, 1.82) is 0 Å². The molecule has 2 aromatic rings. The van der Waals surface area contributed by atoms with Gasteiger partial charge in [-0.3, -0.25) is 9.89 Å². The Balaban J connectivity index is 1.54. The van der Waals surface area contributed by atoms with Gasteiger partial charge in [-0.1, -0.05) is 101 Å². The van der Waals surface area contributed by atoms with Crippen LogP contribution < -0.4 is 0 Å². The van der Waals surface area contributed by atoms with E-state index >= 15 is 0 Å². The van der Waals surface area contributed by atoms with Gasteiger partial charge in [0.15, 0.2) is 0 Å². The molecule has 2 aliphatic carbocycles. The van der Waals surface area contributed by atoms with Gasteiger partial charge in [0.05, 0.1) is 0 Å². The summed E-state index contributed by atoms with van der Waals surface area (Å²) in [6, 6.07) is 17.3. The molecule has 2 heteroatoms. The summed E-state index contributed by atoms with van der Waals surface area (Å²) in [5.74, 6) is 0.408. The summed E-state index contributed by atoms with van der Waals surface area (Å²) >= 11 is 0. The van der Waals surface area contributed by atoms with E-state index in [1.165, 1.54) is 97.9 Å². The Morgan fingerprint density at radius 1 is 0.889 bits per heavy atom. The van der Waals surface area contributed by atoms with Crippen LogP contribution in [0.15, 0.2) is 59.6 Å². The SMILES string of the molecule is CCCCc1ccc2c(c1)-c1ccccc1C21C=CC2=NC(CC)(CC)N3CCCCCCCC3C21.